The highest BCUT2D eigenvalue weighted by Crippen LogP contribution is 2.44. The summed E-state index contributed by atoms with van der Waals surface area (Å²) in [5.41, 5.74) is 7.08. The van der Waals surface area contributed by atoms with Gasteiger partial charge in [0, 0.05) is 43.0 Å². The Labute approximate surface area is 237 Å². The fourth-order valence-corrected chi connectivity index (χ4v) is 5.82. The molecule has 0 fully saturated rings. The number of nitrogens with zero attached hydrogens (tertiary/aromatic N) is 2. The van der Waals surface area contributed by atoms with E-state index in [9.17, 15) is 19.1 Å². The van der Waals surface area contributed by atoms with Crippen LogP contribution in [0.4, 0.5) is 9.18 Å². The van der Waals surface area contributed by atoms with Crippen molar-refractivity contribution >= 4 is 23.0 Å². The van der Waals surface area contributed by atoms with Gasteiger partial charge in [0.2, 0.25) is 0 Å². The number of rotatable bonds is 8. The van der Waals surface area contributed by atoms with Gasteiger partial charge in [0.15, 0.2) is 0 Å². The van der Waals surface area contributed by atoms with E-state index in [1.54, 1.807) is 12.1 Å². The number of carboxylic acids is 1. The summed E-state index contributed by atoms with van der Waals surface area (Å²) in [6, 6.07) is 29.0. The lowest BCUT2D eigenvalue weighted by Crippen LogP contribution is -2.44. The molecule has 1 atom stereocenters. The molecule has 1 amide bonds. The number of carboxylic acid groups (broad SMARTS) is 1. The lowest BCUT2D eigenvalue weighted by molar-refractivity contribution is -0.142. The molecule has 4 aromatic carbocycles. The Kier molecular flexibility index (Phi) is 7.01. The van der Waals surface area contributed by atoms with E-state index in [4.69, 9.17) is 4.74 Å². The van der Waals surface area contributed by atoms with Crippen LogP contribution in [-0.4, -0.2) is 46.3 Å². The van der Waals surface area contributed by atoms with Crippen molar-refractivity contribution in [1.29, 1.82) is 0 Å². The molecule has 1 heterocycles. The smallest absolute Gasteiger partial charge is 0.410 e. The number of benzene rings is 4. The van der Waals surface area contributed by atoms with Crippen LogP contribution >= 0.6 is 0 Å². The molecule has 0 aliphatic heterocycles. The van der Waals surface area contributed by atoms with Gasteiger partial charge in [-0.15, -0.1) is 0 Å². The second-order valence-corrected chi connectivity index (χ2v) is 10.4. The molecule has 0 saturated carbocycles. The second-order valence-electron chi connectivity index (χ2n) is 10.4. The van der Waals surface area contributed by atoms with Gasteiger partial charge in [-0.1, -0.05) is 78.9 Å². The highest BCUT2D eigenvalue weighted by Gasteiger charge is 2.32. The third-order valence-corrected chi connectivity index (χ3v) is 7.93. The van der Waals surface area contributed by atoms with Gasteiger partial charge in [0.25, 0.3) is 0 Å². The molecule has 0 bridgehead atoms. The van der Waals surface area contributed by atoms with Crippen molar-refractivity contribution < 1.29 is 23.8 Å². The van der Waals surface area contributed by atoms with E-state index in [0.717, 1.165) is 44.3 Å². The number of carbonyl (C=O) groups excluding carboxylic acids is 1. The van der Waals surface area contributed by atoms with Gasteiger partial charge in [-0.3, -0.25) is 4.90 Å². The Morgan fingerprint density at radius 1 is 0.902 bits per heavy atom. The summed E-state index contributed by atoms with van der Waals surface area (Å²) in [5.74, 6) is -1.53. The number of amides is 1. The zero-order valence-electron chi connectivity index (χ0n) is 22.5. The first kappa shape index (κ1) is 26.3. The number of fused-ring (bicyclic) bond motifs is 4. The van der Waals surface area contributed by atoms with Crippen LogP contribution in [0.5, 0.6) is 0 Å². The largest absolute Gasteiger partial charge is 0.480 e. The van der Waals surface area contributed by atoms with Gasteiger partial charge in [-0.25, -0.2) is 14.0 Å². The topological polar surface area (TPSA) is 71.8 Å². The summed E-state index contributed by atoms with van der Waals surface area (Å²) in [7, 11) is 1.47. The van der Waals surface area contributed by atoms with Crippen molar-refractivity contribution in [2.24, 2.45) is 0 Å². The summed E-state index contributed by atoms with van der Waals surface area (Å²) in [6.45, 7) is 0.612. The molecule has 0 unspecified atom stereocenters. The maximum Gasteiger partial charge on any atom is 0.410 e. The van der Waals surface area contributed by atoms with E-state index >= 15 is 0 Å². The van der Waals surface area contributed by atoms with Gasteiger partial charge in [0.1, 0.15) is 18.5 Å². The number of aromatic nitrogens is 1. The van der Waals surface area contributed by atoms with Crippen LogP contribution in [-0.2, 0) is 22.5 Å². The average molecular weight is 549 g/mol. The van der Waals surface area contributed by atoms with Crippen LogP contribution in [0.25, 0.3) is 22.0 Å². The van der Waals surface area contributed by atoms with E-state index in [1.807, 2.05) is 71.4 Å². The predicted octanol–water partition coefficient (Wildman–Crippen LogP) is 6.71. The first-order valence-electron chi connectivity index (χ1n) is 13.5. The maximum atomic E-state index is 13.4. The highest BCUT2D eigenvalue weighted by atomic mass is 19.1. The molecule has 0 saturated heterocycles. The zero-order valence-corrected chi connectivity index (χ0v) is 22.5. The number of hydrogen-bond donors (Lipinski definition) is 1. The van der Waals surface area contributed by atoms with Crippen molar-refractivity contribution in [1.82, 2.24) is 9.47 Å². The molecule has 41 heavy (non-hydrogen) atoms. The fourth-order valence-electron chi connectivity index (χ4n) is 5.82. The SMILES string of the molecule is CN(C(=O)OCC1c2ccccc2-c2ccccc21)[C@@H](Cc1cn(Cc2ccc(F)cc2)c2ccccc12)C(=O)O. The quantitative estimate of drug-likeness (QED) is 0.234. The van der Waals surface area contributed by atoms with Crippen molar-refractivity contribution in [2.75, 3.05) is 13.7 Å². The third-order valence-electron chi connectivity index (χ3n) is 7.93. The van der Waals surface area contributed by atoms with E-state index in [-0.39, 0.29) is 24.8 Å². The first-order valence-corrected chi connectivity index (χ1v) is 13.5. The number of hydrogen-bond acceptors (Lipinski definition) is 3. The van der Waals surface area contributed by atoms with Crippen LogP contribution < -0.4 is 0 Å². The van der Waals surface area contributed by atoms with E-state index in [1.165, 1.54) is 24.1 Å². The summed E-state index contributed by atoms with van der Waals surface area (Å²) in [4.78, 5) is 26.8. The van der Waals surface area contributed by atoms with Gasteiger partial charge in [-0.05, 0) is 51.6 Å². The van der Waals surface area contributed by atoms with Gasteiger partial charge in [-0.2, -0.15) is 0 Å². The number of ether oxygens (including phenoxy) is 1. The minimum Gasteiger partial charge on any atom is -0.480 e. The van der Waals surface area contributed by atoms with E-state index in [0.29, 0.717) is 6.54 Å². The molecule has 206 valence electrons. The van der Waals surface area contributed by atoms with Crippen molar-refractivity contribution in [2.45, 2.75) is 24.9 Å². The van der Waals surface area contributed by atoms with E-state index in [2.05, 4.69) is 12.1 Å². The summed E-state index contributed by atoms with van der Waals surface area (Å²) >= 11 is 0. The molecule has 1 N–H and O–H groups in total. The highest BCUT2D eigenvalue weighted by molar-refractivity contribution is 5.86. The predicted molar refractivity (Wildman–Crippen MR) is 155 cm³/mol. The fraction of sp³-hybridized carbons (Fsp3) is 0.176. The molecule has 6 rings (SSSR count). The Balaban J connectivity index is 1.20. The lowest BCUT2D eigenvalue weighted by atomic mass is 9.98. The molecule has 0 radical (unpaired) electrons. The van der Waals surface area contributed by atoms with Gasteiger partial charge < -0.3 is 14.4 Å². The first-order chi connectivity index (χ1) is 19.9. The van der Waals surface area contributed by atoms with Crippen LogP contribution in [0, 0.1) is 5.82 Å². The Morgan fingerprint density at radius 2 is 1.51 bits per heavy atom. The summed E-state index contributed by atoms with van der Waals surface area (Å²) in [6.07, 6.45) is 1.33. The molecule has 1 aliphatic rings. The number of halogens is 1. The molecule has 0 spiro atoms. The number of aliphatic carboxylic acids is 1. The Bertz CT molecular complexity index is 1700. The third kappa shape index (κ3) is 5.07. The molecule has 1 aliphatic carbocycles. The number of carbonyl (C=O) groups is 2. The lowest BCUT2D eigenvalue weighted by Gasteiger charge is -2.25. The second kappa shape index (κ2) is 10.9. The molecule has 7 heteroatoms. The van der Waals surface area contributed by atoms with E-state index < -0.39 is 18.1 Å². The normalized spacial score (nSPS) is 13.0. The van der Waals surface area contributed by atoms with Crippen molar-refractivity contribution in [3.63, 3.8) is 0 Å². The monoisotopic (exact) mass is 548 g/mol. The molecular weight excluding hydrogens is 519 g/mol. The molecule has 1 aromatic heterocycles. The van der Waals surface area contributed by atoms with Crippen LogP contribution in [0.3, 0.4) is 0 Å². The van der Waals surface area contributed by atoms with Crippen molar-refractivity contribution in [3.8, 4) is 11.1 Å². The molecule has 6 nitrogen and oxygen atoms in total. The Morgan fingerprint density at radius 3 is 2.17 bits per heavy atom. The van der Waals surface area contributed by atoms with Crippen LogP contribution in [0.2, 0.25) is 0 Å². The minimum absolute atomic E-state index is 0.104. The van der Waals surface area contributed by atoms with Crippen LogP contribution in [0.15, 0.2) is 103 Å². The summed E-state index contributed by atoms with van der Waals surface area (Å²) < 4.78 is 21.2. The van der Waals surface area contributed by atoms with Crippen LogP contribution in [0.1, 0.15) is 28.2 Å². The molecule has 5 aromatic rings. The standard InChI is InChI=1S/C34H29FN2O4/c1-36(34(40)41-21-30-28-11-4-2-9-26(28)27-10-3-5-12-29(27)30)32(33(38)39)18-23-20-37(31-13-7-6-8-25(23)31)19-22-14-16-24(35)17-15-22/h2-17,20,30,32H,18-19,21H2,1H3,(H,38,39)/t32-/m0/s1. The number of likely N-dealkylation sites (N-methyl/N-ethyl adjacent to an activating group) is 1. The Hall–Kier alpha value is -4.91. The molecular formula is C34H29FN2O4. The van der Waals surface area contributed by atoms with Gasteiger partial charge in [0.05, 0.1) is 0 Å². The van der Waals surface area contributed by atoms with Crippen molar-refractivity contribution in [3.05, 3.63) is 131 Å². The summed E-state index contributed by atoms with van der Waals surface area (Å²) in [5, 5.41) is 11.0. The number of para-hydroxylation sites is 1. The maximum absolute atomic E-state index is 13.4. The average Bonchev–Trinajstić information content (AvgIpc) is 3.50. The minimum atomic E-state index is -1.13. The zero-order chi connectivity index (χ0) is 28.5. The van der Waals surface area contributed by atoms with Gasteiger partial charge >= 0.3 is 12.1 Å².